The fourth-order valence-electron chi connectivity index (χ4n) is 3.40. The fraction of sp³-hybridized carbons (Fsp3) is 0.227. The molecule has 0 bridgehead atoms. The predicted molar refractivity (Wildman–Crippen MR) is 109 cm³/mol. The standard InChI is InChI=1S/C22H21N3O4/c1-3-28-22(26)21-15(13-27-2)19-17(11-24-21)25-16-7-4-8-18(20(16)19)29-12-14-6-5-9-23-10-14/h4-11,25H,3,12-13H2,1-2H3. The number of benzene rings is 1. The van der Waals surface area contributed by atoms with Gasteiger partial charge in [-0.3, -0.25) is 4.98 Å². The molecule has 0 aliphatic rings. The number of ether oxygens (including phenoxy) is 3. The van der Waals surface area contributed by atoms with Crippen molar-refractivity contribution in [1.29, 1.82) is 0 Å². The number of hydrogen-bond donors (Lipinski definition) is 1. The number of rotatable bonds is 7. The first-order valence-corrected chi connectivity index (χ1v) is 9.33. The zero-order valence-corrected chi connectivity index (χ0v) is 16.3. The Morgan fingerprint density at radius 3 is 2.72 bits per heavy atom. The van der Waals surface area contributed by atoms with Crippen molar-refractivity contribution in [1.82, 2.24) is 15.0 Å². The van der Waals surface area contributed by atoms with E-state index in [1.54, 1.807) is 32.6 Å². The van der Waals surface area contributed by atoms with Crippen molar-refractivity contribution in [2.75, 3.05) is 13.7 Å². The van der Waals surface area contributed by atoms with Gasteiger partial charge in [0.25, 0.3) is 0 Å². The lowest BCUT2D eigenvalue weighted by atomic mass is 10.0. The second kappa shape index (κ2) is 8.28. The summed E-state index contributed by atoms with van der Waals surface area (Å²) >= 11 is 0. The Balaban J connectivity index is 1.87. The number of aromatic nitrogens is 3. The van der Waals surface area contributed by atoms with Crippen LogP contribution in [0, 0.1) is 0 Å². The number of aromatic amines is 1. The number of hydrogen-bond acceptors (Lipinski definition) is 6. The SMILES string of the molecule is CCOC(=O)c1ncc2[nH]c3cccc(OCc4cccnc4)c3c2c1COC. The number of methoxy groups -OCH3 is 1. The number of carbonyl (C=O) groups is 1. The maximum Gasteiger partial charge on any atom is 0.357 e. The summed E-state index contributed by atoms with van der Waals surface area (Å²) in [5, 5.41) is 1.73. The van der Waals surface area contributed by atoms with E-state index in [4.69, 9.17) is 14.2 Å². The number of esters is 1. The van der Waals surface area contributed by atoms with Gasteiger partial charge >= 0.3 is 5.97 Å². The molecule has 7 heteroatoms. The molecular weight excluding hydrogens is 370 g/mol. The molecule has 3 aromatic heterocycles. The highest BCUT2D eigenvalue weighted by Gasteiger charge is 2.21. The second-order valence-electron chi connectivity index (χ2n) is 6.48. The predicted octanol–water partition coefficient (Wildman–Crippen LogP) is 4.01. The molecule has 0 aliphatic heterocycles. The topological polar surface area (TPSA) is 86.3 Å². The second-order valence-corrected chi connectivity index (χ2v) is 6.48. The molecule has 1 aromatic carbocycles. The van der Waals surface area contributed by atoms with Crippen LogP contribution in [0.25, 0.3) is 21.8 Å². The largest absolute Gasteiger partial charge is 0.488 e. The Hall–Kier alpha value is -3.45. The summed E-state index contributed by atoms with van der Waals surface area (Å²) in [6, 6.07) is 9.63. The zero-order valence-electron chi connectivity index (χ0n) is 16.3. The van der Waals surface area contributed by atoms with E-state index >= 15 is 0 Å². The van der Waals surface area contributed by atoms with E-state index in [0.29, 0.717) is 17.9 Å². The Morgan fingerprint density at radius 2 is 1.97 bits per heavy atom. The first-order valence-electron chi connectivity index (χ1n) is 9.33. The van der Waals surface area contributed by atoms with E-state index in [9.17, 15) is 4.79 Å². The van der Waals surface area contributed by atoms with Crippen molar-refractivity contribution in [3.63, 3.8) is 0 Å². The maximum absolute atomic E-state index is 12.4. The van der Waals surface area contributed by atoms with Crippen molar-refractivity contribution in [2.45, 2.75) is 20.1 Å². The van der Waals surface area contributed by atoms with E-state index in [2.05, 4.69) is 15.0 Å². The van der Waals surface area contributed by atoms with E-state index in [1.807, 2.05) is 30.3 Å². The highest BCUT2D eigenvalue weighted by atomic mass is 16.5. The summed E-state index contributed by atoms with van der Waals surface area (Å²) in [6.07, 6.45) is 5.14. The van der Waals surface area contributed by atoms with Gasteiger partial charge in [0, 0.05) is 41.4 Å². The highest BCUT2D eigenvalue weighted by molar-refractivity contribution is 6.13. The van der Waals surface area contributed by atoms with E-state index in [0.717, 1.165) is 27.4 Å². The van der Waals surface area contributed by atoms with Crippen molar-refractivity contribution in [2.24, 2.45) is 0 Å². The third-order valence-electron chi connectivity index (χ3n) is 4.60. The molecule has 1 N–H and O–H groups in total. The van der Waals surface area contributed by atoms with Crippen LogP contribution in [0.15, 0.2) is 48.9 Å². The zero-order chi connectivity index (χ0) is 20.2. The van der Waals surface area contributed by atoms with Crippen LogP contribution >= 0.6 is 0 Å². The number of carbonyl (C=O) groups excluding carboxylic acids is 1. The first-order chi connectivity index (χ1) is 14.2. The summed E-state index contributed by atoms with van der Waals surface area (Å²) in [5.41, 5.74) is 3.59. The highest BCUT2D eigenvalue weighted by Crippen LogP contribution is 2.36. The van der Waals surface area contributed by atoms with Crippen molar-refractivity contribution in [3.05, 3.63) is 65.7 Å². The monoisotopic (exact) mass is 391 g/mol. The Labute approximate surface area is 167 Å². The molecule has 4 rings (SSSR count). The van der Waals surface area contributed by atoms with Crippen LogP contribution in [-0.4, -0.2) is 34.6 Å². The van der Waals surface area contributed by atoms with Gasteiger partial charge in [-0.1, -0.05) is 12.1 Å². The van der Waals surface area contributed by atoms with Crippen molar-refractivity contribution >= 4 is 27.8 Å². The van der Waals surface area contributed by atoms with Crippen LogP contribution < -0.4 is 4.74 Å². The summed E-state index contributed by atoms with van der Waals surface area (Å²) in [7, 11) is 1.59. The van der Waals surface area contributed by atoms with Crippen LogP contribution in [0.2, 0.25) is 0 Å². The number of nitrogens with zero attached hydrogens (tertiary/aromatic N) is 2. The van der Waals surface area contributed by atoms with Gasteiger partial charge in [0.2, 0.25) is 0 Å². The summed E-state index contributed by atoms with van der Waals surface area (Å²) in [6.45, 7) is 2.65. The lowest BCUT2D eigenvalue weighted by molar-refractivity contribution is 0.0514. The molecule has 0 amide bonds. The minimum Gasteiger partial charge on any atom is -0.488 e. The maximum atomic E-state index is 12.4. The molecule has 7 nitrogen and oxygen atoms in total. The van der Waals surface area contributed by atoms with Gasteiger partial charge in [-0.15, -0.1) is 0 Å². The number of nitrogens with one attached hydrogen (secondary N) is 1. The molecule has 0 saturated carbocycles. The molecule has 0 aliphatic carbocycles. The summed E-state index contributed by atoms with van der Waals surface area (Å²) in [4.78, 5) is 24.3. The van der Waals surface area contributed by atoms with Crippen LogP contribution in [0.4, 0.5) is 0 Å². The Morgan fingerprint density at radius 1 is 1.07 bits per heavy atom. The third kappa shape index (κ3) is 3.64. The lowest BCUT2D eigenvalue weighted by Gasteiger charge is -2.11. The van der Waals surface area contributed by atoms with Crippen LogP contribution in [0.5, 0.6) is 5.75 Å². The molecule has 0 spiro atoms. The van der Waals surface area contributed by atoms with Gasteiger partial charge < -0.3 is 19.2 Å². The molecule has 0 fully saturated rings. The van der Waals surface area contributed by atoms with E-state index in [1.165, 1.54) is 0 Å². The summed E-state index contributed by atoms with van der Waals surface area (Å²) in [5.74, 6) is 0.237. The van der Waals surface area contributed by atoms with Crippen molar-refractivity contribution in [3.8, 4) is 5.75 Å². The number of pyridine rings is 2. The molecular formula is C22H21N3O4. The average molecular weight is 391 g/mol. The normalized spacial score (nSPS) is 11.1. The Bertz CT molecular complexity index is 1160. The molecule has 29 heavy (non-hydrogen) atoms. The van der Waals surface area contributed by atoms with Gasteiger partial charge in [-0.25, -0.2) is 9.78 Å². The smallest absolute Gasteiger partial charge is 0.357 e. The minimum atomic E-state index is -0.468. The molecule has 0 radical (unpaired) electrons. The first kappa shape index (κ1) is 18.9. The molecule has 0 saturated heterocycles. The Kier molecular flexibility index (Phi) is 5.39. The summed E-state index contributed by atoms with van der Waals surface area (Å²) < 4.78 is 16.7. The average Bonchev–Trinajstić information content (AvgIpc) is 3.13. The number of H-pyrrole nitrogens is 1. The van der Waals surface area contributed by atoms with Gasteiger partial charge in [-0.05, 0) is 25.1 Å². The van der Waals surface area contributed by atoms with Gasteiger partial charge in [0.1, 0.15) is 12.4 Å². The number of fused-ring (bicyclic) bond motifs is 3. The molecule has 0 atom stereocenters. The van der Waals surface area contributed by atoms with E-state index in [-0.39, 0.29) is 18.9 Å². The van der Waals surface area contributed by atoms with Crippen molar-refractivity contribution < 1.29 is 19.0 Å². The molecule has 4 aromatic rings. The van der Waals surface area contributed by atoms with Crippen LogP contribution in [0.1, 0.15) is 28.5 Å². The minimum absolute atomic E-state index is 0.225. The van der Waals surface area contributed by atoms with Crippen LogP contribution in [-0.2, 0) is 22.7 Å². The third-order valence-corrected chi connectivity index (χ3v) is 4.60. The molecule has 148 valence electrons. The van der Waals surface area contributed by atoms with Gasteiger partial charge in [-0.2, -0.15) is 0 Å². The van der Waals surface area contributed by atoms with Gasteiger partial charge in [0.05, 0.1) is 30.4 Å². The fourth-order valence-corrected chi connectivity index (χ4v) is 3.40. The van der Waals surface area contributed by atoms with Crippen LogP contribution in [0.3, 0.4) is 0 Å². The molecule has 3 heterocycles. The van der Waals surface area contributed by atoms with E-state index < -0.39 is 5.97 Å². The quantitative estimate of drug-likeness (QED) is 0.479. The molecule has 0 unspecified atom stereocenters. The lowest BCUT2D eigenvalue weighted by Crippen LogP contribution is -2.11. The van der Waals surface area contributed by atoms with Gasteiger partial charge in [0.15, 0.2) is 5.69 Å².